The first-order valence-electron chi connectivity index (χ1n) is 10.2. The molecule has 0 bridgehead atoms. The van der Waals surface area contributed by atoms with E-state index in [4.69, 9.17) is 0 Å². The normalized spacial score (nSPS) is 16.1. The molecular formula is C24H26BrN3O2. The SMILES string of the molecule is C[C@H](O)CC(C)(C)NC(=O)CC1c2c(-c3ccc(Br)cc3)cccc2-c2nccn21. The van der Waals surface area contributed by atoms with Crippen molar-refractivity contribution in [2.45, 2.75) is 51.3 Å². The Morgan fingerprint density at radius 1 is 1.23 bits per heavy atom. The van der Waals surface area contributed by atoms with Crippen molar-refractivity contribution in [2.24, 2.45) is 0 Å². The molecule has 1 amide bonds. The number of aliphatic hydroxyl groups is 1. The molecule has 30 heavy (non-hydrogen) atoms. The van der Waals surface area contributed by atoms with Gasteiger partial charge >= 0.3 is 0 Å². The maximum atomic E-state index is 13.0. The van der Waals surface area contributed by atoms with Crippen LogP contribution in [0.4, 0.5) is 0 Å². The minimum Gasteiger partial charge on any atom is -0.393 e. The van der Waals surface area contributed by atoms with Gasteiger partial charge in [0.15, 0.2) is 0 Å². The Morgan fingerprint density at radius 3 is 2.63 bits per heavy atom. The first kappa shape index (κ1) is 20.8. The average molecular weight is 468 g/mol. The molecule has 1 aliphatic heterocycles. The fourth-order valence-corrected chi connectivity index (χ4v) is 4.77. The lowest BCUT2D eigenvalue weighted by Crippen LogP contribution is -2.45. The van der Waals surface area contributed by atoms with E-state index in [2.05, 4.69) is 55.1 Å². The van der Waals surface area contributed by atoms with Crippen molar-refractivity contribution in [3.63, 3.8) is 0 Å². The molecule has 2 aromatic carbocycles. The van der Waals surface area contributed by atoms with E-state index in [1.54, 1.807) is 13.1 Å². The van der Waals surface area contributed by atoms with Crippen LogP contribution in [-0.4, -0.2) is 32.2 Å². The number of carbonyl (C=O) groups is 1. The molecule has 2 N–H and O–H groups in total. The summed E-state index contributed by atoms with van der Waals surface area (Å²) >= 11 is 3.50. The van der Waals surface area contributed by atoms with Crippen molar-refractivity contribution in [1.82, 2.24) is 14.9 Å². The number of carbonyl (C=O) groups excluding carboxylic acids is 1. The van der Waals surface area contributed by atoms with E-state index in [-0.39, 0.29) is 11.9 Å². The van der Waals surface area contributed by atoms with E-state index in [1.807, 2.05) is 38.2 Å². The van der Waals surface area contributed by atoms with Crippen LogP contribution < -0.4 is 5.32 Å². The zero-order valence-corrected chi connectivity index (χ0v) is 19.0. The molecule has 2 atom stereocenters. The third-order valence-corrected chi connectivity index (χ3v) is 6.03. The third-order valence-electron chi connectivity index (χ3n) is 5.50. The second-order valence-corrected chi connectivity index (χ2v) is 9.55. The summed E-state index contributed by atoms with van der Waals surface area (Å²) in [7, 11) is 0. The molecule has 1 aromatic heterocycles. The highest BCUT2D eigenvalue weighted by Gasteiger charge is 2.34. The van der Waals surface area contributed by atoms with Crippen LogP contribution >= 0.6 is 15.9 Å². The van der Waals surface area contributed by atoms with Gasteiger partial charge < -0.3 is 15.0 Å². The van der Waals surface area contributed by atoms with E-state index in [1.165, 1.54) is 0 Å². The molecule has 3 aromatic rings. The molecule has 2 heterocycles. The standard InChI is InChI=1S/C24H26BrN3O2/c1-15(29)14-24(2,3)27-21(30)13-20-22-18(16-7-9-17(25)10-8-16)5-4-6-19(22)23-26-11-12-28(20)23/h4-12,15,20,29H,13-14H2,1-3H3,(H,27,30)/t15-,20?/m0/s1. The van der Waals surface area contributed by atoms with Gasteiger partial charge in [-0.25, -0.2) is 4.98 Å². The minimum atomic E-state index is -0.477. The Bertz CT molecular complexity index is 1070. The molecule has 1 unspecified atom stereocenters. The molecule has 0 saturated heterocycles. The number of benzene rings is 2. The molecule has 156 valence electrons. The van der Waals surface area contributed by atoms with Crippen molar-refractivity contribution in [2.75, 3.05) is 0 Å². The summed E-state index contributed by atoms with van der Waals surface area (Å²) in [6.07, 6.45) is 4.07. The molecule has 4 rings (SSSR count). The Kier molecular flexibility index (Phi) is 5.55. The fraction of sp³-hybridized carbons (Fsp3) is 0.333. The lowest BCUT2D eigenvalue weighted by molar-refractivity contribution is -0.123. The number of amides is 1. The van der Waals surface area contributed by atoms with Gasteiger partial charge in [-0.3, -0.25) is 4.79 Å². The Labute approximate surface area is 185 Å². The summed E-state index contributed by atoms with van der Waals surface area (Å²) < 4.78 is 3.12. The van der Waals surface area contributed by atoms with Crippen molar-refractivity contribution in [3.8, 4) is 22.5 Å². The van der Waals surface area contributed by atoms with Gasteiger partial charge in [-0.05, 0) is 56.0 Å². The van der Waals surface area contributed by atoms with Gasteiger partial charge in [0.25, 0.3) is 0 Å². The summed E-state index contributed by atoms with van der Waals surface area (Å²) in [5, 5.41) is 12.8. The number of nitrogens with zero attached hydrogens (tertiary/aromatic N) is 2. The van der Waals surface area contributed by atoms with Crippen LogP contribution in [0.25, 0.3) is 22.5 Å². The summed E-state index contributed by atoms with van der Waals surface area (Å²) in [5.74, 6) is 0.855. The smallest absolute Gasteiger partial charge is 0.222 e. The molecular weight excluding hydrogens is 442 g/mol. The fourth-order valence-electron chi connectivity index (χ4n) is 4.51. The van der Waals surface area contributed by atoms with Gasteiger partial charge in [-0.1, -0.05) is 46.3 Å². The maximum Gasteiger partial charge on any atom is 0.222 e. The van der Waals surface area contributed by atoms with Gasteiger partial charge in [0, 0.05) is 28.0 Å². The highest BCUT2D eigenvalue weighted by atomic mass is 79.9. The highest BCUT2D eigenvalue weighted by molar-refractivity contribution is 9.10. The molecule has 0 radical (unpaired) electrons. The third kappa shape index (κ3) is 4.07. The summed E-state index contributed by atoms with van der Waals surface area (Å²) in [6.45, 7) is 5.62. The van der Waals surface area contributed by atoms with Crippen LogP contribution in [0.1, 0.15) is 45.2 Å². The number of rotatable bonds is 6. The first-order chi connectivity index (χ1) is 14.2. The minimum absolute atomic E-state index is 0.0382. The predicted octanol–water partition coefficient (Wildman–Crippen LogP) is 4.94. The topological polar surface area (TPSA) is 67.2 Å². The summed E-state index contributed by atoms with van der Waals surface area (Å²) in [6, 6.07) is 14.3. The number of nitrogens with one attached hydrogen (secondary N) is 1. The zero-order chi connectivity index (χ0) is 21.5. The number of imidazole rings is 1. The average Bonchev–Trinajstić information content (AvgIpc) is 3.23. The number of halogens is 1. The number of hydrogen-bond donors (Lipinski definition) is 2. The molecule has 0 saturated carbocycles. The quantitative estimate of drug-likeness (QED) is 0.539. The molecule has 6 heteroatoms. The number of aromatic nitrogens is 2. The van der Waals surface area contributed by atoms with Crippen molar-refractivity contribution >= 4 is 21.8 Å². The Hall–Kier alpha value is -2.44. The van der Waals surface area contributed by atoms with Gasteiger partial charge in [-0.15, -0.1) is 0 Å². The number of hydrogen-bond acceptors (Lipinski definition) is 3. The van der Waals surface area contributed by atoms with Gasteiger partial charge in [0.2, 0.25) is 5.91 Å². The van der Waals surface area contributed by atoms with E-state index in [9.17, 15) is 9.90 Å². The predicted molar refractivity (Wildman–Crippen MR) is 122 cm³/mol. The number of fused-ring (bicyclic) bond motifs is 3. The van der Waals surface area contributed by atoms with E-state index >= 15 is 0 Å². The first-order valence-corrected chi connectivity index (χ1v) is 11.0. The largest absolute Gasteiger partial charge is 0.393 e. The van der Waals surface area contributed by atoms with Crippen LogP contribution in [0, 0.1) is 0 Å². The molecule has 0 aliphatic carbocycles. The molecule has 5 nitrogen and oxygen atoms in total. The van der Waals surface area contributed by atoms with Crippen molar-refractivity contribution in [1.29, 1.82) is 0 Å². The Morgan fingerprint density at radius 2 is 1.93 bits per heavy atom. The molecule has 0 fully saturated rings. The number of aliphatic hydroxyl groups excluding tert-OH is 1. The lowest BCUT2D eigenvalue weighted by Gasteiger charge is -2.28. The lowest BCUT2D eigenvalue weighted by atomic mass is 9.90. The van der Waals surface area contributed by atoms with Crippen LogP contribution in [0.3, 0.4) is 0 Å². The molecule has 0 spiro atoms. The van der Waals surface area contributed by atoms with Crippen molar-refractivity contribution in [3.05, 3.63) is 64.9 Å². The second-order valence-electron chi connectivity index (χ2n) is 8.64. The van der Waals surface area contributed by atoms with Gasteiger partial charge in [0.05, 0.1) is 18.6 Å². The van der Waals surface area contributed by atoms with Crippen LogP contribution in [0.5, 0.6) is 0 Å². The molecule has 1 aliphatic rings. The van der Waals surface area contributed by atoms with Gasteiger partial charge in [0.1, 0.15) is 5.82 Å². The van der Waals surface area contributed by atoms with E-state index < -0.39 is 11.6 Å². The Balaban J connectivity index is 1.69. The summed E-state index contributed by atoms with van der Waals surface area (Å²) in [4.78, 5) is 17.5. The van der Waals surface area contributed by atoms with Crippen molar-refractivity contribution < 1.29 is 9.90 Å². The highest BCUT2D eigenvalue weighted by Crippen LogP contribution is 2.45. The van der Waals surface area contributed by atoms with Crippen LogP contribution in [-0.2, 0) is 4.79 Å². The van der Waals surface area contributed by atoms with E-state index in [0.29, 0.717) is 12.8 Å². The van der Waals surface area contributed by atoms with E-state index in [0.717, 1.165) is 32.6 Å². The van der Waals surface area contributed by atoms with Crippen LogP contribution in [0.2, 0.25) is 0 Å². The zero-order valence-electron chi connectivity index (χ0n) is 17.4. The van der Waals surface area contributed by atoms with Crippen LogP contribution in [0.15, 0.2) is 59.3 Å². The monoisotopic (exact) mass is 467 g/mol. The second kappa shape index (κ2) is 8.00. The summed E-state index contributed by atoms with van der Waals surface area (Å²) in [5.41, 5.74) is 3.95. The van der Waals surface area contributed by atoms with Gasteiger partial charge in [-0.2, -0.15) is 0 Å². The maximum absolute atomic E-state index is 13.0.